The monoisotopic (exact) mass is 304 g/mol. The Kier molecular flexibility index (Phi) is 6.42. The second kappa shape index (κ2) is 7.58. The highest BCUT2D eigenvalue weighted by atomic mass is 35.5. The SMILES string of the molecule is C=CCN(c1cc(OC)c(Cl)nc1Cl)C(C)COC. The molecule has 19 heavy (non-hydrogen) atoms. The van der Waals surface area contributed by atoms with E-state index >= 15 is 0 Å². The van der Waals surface area contributed by atoms with Gasteiger partial charge >= 0.3 is 0 Å². The van der Waals surface area contributed by atoms with Crippen LogP contribution in [0.1, 0.15) is 6.92 Å². The maximum atomic E-state index is 6.17. The molecule has 0 aliphatic rings. The number of anilines is 1. The first-order valence-corrected chi connectivity index (χ1v) is 6.57. The lowest BCUT2D eigenvalue weighted by molar-refractivity contribution is 0.182. The zero-order valence-corrected chi connectivity index (χ0v) is 12.8. The Hall–Kier alpha value is -0.970. The summed E-state index contributed by atoms with van der Waals surface area (Å²) in [4.78, 5) is 6.11. The van der Waals surface area contributed by atoms with E-state index < -0.39 is 0 Å². The molecule has 0 amide bonds. The maximum Gasteiger partial charge on any atom is 0.172 e. The summed E-state index contributed by atoms with van der Waals surface area (Å²) in [6.45, 7) is 6.97. The van der Waals surface area contributed by atoms with Gasteiger partial charge in [0.2, 0.25) is 0 Å². The highest BCUT2D eigenvalue weighted by Gasteiger charge is 2.19. The summed E-state index contributed by atoms with van der Waals surface area (Å²) in [7, 11) is 3.20. The van der Waals surface area contributed by atoms with Gasteiger partial charge in [-0.3, -0.25) is 0 Å². The van der Waals surface area contributed by atoms with E-state index in [-0.39, 0.29) is 11.2 Å². The van der Waals surface area contributed by atoms with Crippen molar-refractivity contribution in [1.29, 1.82) is 0 Å². The van der Waals surface area contributed by atoms with Crippen LogP contribution in [0.15, 0.2) is 18.7 Å². The van der Waals surface area contributed by atoms with E-state index in [1.54, 1.807) is 19.3 Å². The van der Waals surface area contributed by atoms with Crippen LogP contribution in [0.2, 0.25) is 10.3 Å². The van der Waals surface area contributed by atoms with Crippen LogP contribution in [0, 0.1) is 0 Å². The molecule has 0 saturated heterocycles. The molecule has 0 aliphatic heterocycles. The molecule has 106 valence electrons. The first kappa shape index (κ1) is 16.1. The van der Waals surface area contributed by atoms with Crippen molar-refractivity contribution in [3.8, 4) is 5.75 Å². The summed E-state index contributed by atoms with van der Waals surface area (Å²) < 4.78 is 10.3. The lowest BCUT2D eigenvalue weighted by atomic mass is 10.2. The molecule has 0 radical (unpaired) electrons. The number of ether oxygens (including phenoxy) is 2. The highest BCUT2D eigenvalue weighted by Crippen LogP contribution is 2.34. The summed E-state index contributed by atoms with van der Waals surface area (Å²) in [5, 5.41) is 0.574. The van der Waals surface area contributed by atoms with Crippen LogP contribution in [-0.2, 0) is 4.74 Å². The predicted molar refractivity (Wildman–Crippen MR) is 79.7 cm³/mol. The third-order valence-electron chi connectivity index (χ3n) is 2.67. The topological polar surface area (TPSA) is 34.6 Å². The van der Waals surface area contributed by atoms with E-state index in [0.717, 1.165) is 5.69 Å². The molecule has 1 aromatic heterocycles. The number of hydrogen-bond donors (Lipinski definition) is 0. The van der Waals surface area contributed by atoms with E-state index in [2.05, 4.69) is 11.6 Å². The quantitative estimate of drug-likeness (QED) is 0.571. The fourth-order valence-corrected chi connectivity index (χ4v) is 2.28. The van der Waals surface area contributed by atoms with Gasteiger partial charge in [0.1, 0.15) is 0 Å². The molecule has 4 nitrogen and oxygen atoms in total. The number of pyridine rings is 1. The molecule has 1 heterocycles. The van der Waals surface area contributed by atoms with E-state index in [1.165, 1.54) is 7.11 Å². The van der Waals surface area contributed by atoms with E-state index in [4.69, 9.17) is 32.7 Å². The Morgan fingerprint density at radius 3 is 2.63 bits per heavy atom. The number of hydrogen-bond acceptors (Lipinski definition) is 4. The molecule has 0 fully saturated rings. The normalized spacial score (nSPS) is 12.1. The van der Waals surface area contributed by atoms with Crippen molar-refractivity contribution >= 4 is 28.9 Å². The second-order valence-corrected chi connectivity index (χ2v) is 4.75. The second-order valence-electron chi connectivity index (χ2n) is 4.04. The van der Waals surface area contributed by atoms with Crippen LogP contribution in [-0.4, -0.2) is 38.4 Å². The van der Waals surface area contributed by atoms with E-state index in [1.807, 2.05) is 11.8 Å². The number of halogens is 2. The number of methoxy groups -OCH3 is 2. The number of rotatable bonds is 7. The molecule has 0 N–H and O–H groups in total. The van der Waals surface area contributed by atoms with Gasteiger partial charge in [0.05, 0.1) is 19.4 Å². The fraction of sp³-hybridized carbons (Fsp3) is 0.462. The van der Waals surface area contributed by atoms with Gasteiger partial charge < -0.3 is 14.4 Å². The Bertz CT molecular complexity index is 441. The molecule has 0 spiro atoms. The van der Waals surface area contributed by atoms with Crippen molar-refractivity contribution < 1.29 is 9.47 Å². The Morgan fingerprint density at radius 1 is 1.42 bits per heavy atom. The summed E-state index contributed by atoms with van der Waals surface area (Å²) in [6.07, 6.45) is 1.80. The first-order chi connectivity index (χ1) is 9.04. The third kappa shape index (κ3) is 4.00. The van der Waals surface area contributed by atoms with Crippen LogP contribution in [0.25, 0.3) is 0 Å². The summed E-state index contributed by atoms with van der Waals surface area (Å²) in [5.74, 6) is 0.486. The van der Waals surface area contributed by atoms with Crippen molar-refractivity contribution in [1.82, 2.24) is 4.98 Å². The smallest absolute Gasteiger partial charge is 0.172 e. The van der Waals surface area contributed by atoms with Crippen LogP contribution in [0.4, 0.5) is 5.69 Å². The third-order valence-corrected chi connectivity index (χ3v) is 3.22. The molecule has 0 saturated carbocycles. The highest BCUT2D eigenvalue weighted by molar-refractivity contribution is 6.35. The van der Waals surface area contributed by atoms with Gasteiger partial charge in [0.25, 0.3) is 0 Å². The molecule has 0 aromatic carbocycles. The summed E-state index contributed by atoms with van der Waals surface area (Å²) in [6, 6.07) is 1.89. The lowest BCUT2D eigenvalue weighted by Crippen LogP contribution is -2.36. The minimum Gasteiger partial charge on any atom is -0.493 e. The van der Waals surface area contributed by atoms with Gasteiger partial charge in [-0.25, -0.2) is 4.98 Å². The molecule has 0 bridgehead atoms. The van der Waals surface area contributed by atoms with Gasteiger partial charge in [0, 0.05) is 25.8 Å². The van der Waals surface area contributed by atoms with Gasteiger partial charge in [-0.2, -0.15) is 0 Å². The minimum atomic E-state index is 0.119. The standard InChI is InChI=1S/C13H18Cl2N2O2/c1-5-6-17(9(2)8-18-3)10-7-11(19-4)13(15)16-12(10)14/h5,7,9H,1,6,8H2,2-4H3. The maximum absolute atomic E-state index is 6.17. The van der Waals surface area contributed by atoms with Crippen molar-refractivity contribution in [2.75, 3.05) is 32.3 Å². The van der Waals surface area contributed by atoms with Crippen molar-refractivity contribution in [3.05, 3.63) is 29.0 Å². The van der Waals surface area contributed by atoms with Gasteiger partial charge in [-0.05, 0) is 6.92 Å². The molecule has 1 aromatic rings. The number of aromatic nitrogens is 1. The van der Waals surface area contributed by atoms with Gasteiger partial charge in [0.15, 0.2) is 16.1 Å². The van der Waals surface area contributed by atoms with E-state index in [0.29, 0.717) is 24.1 Å². The Balaban J connectivity index is 3.17. The average Bonchev–Trinajstić information content (AvgIpc) is 2.37. The Labute approximate surface area is 123 Å². The van der Waals surface area contributed by atoms with Crippen LogP contribution >= 0.6 is 23.2 Å². The molecular formula is C13H18Cl2N2O2. The molecule has 6 heteroatoms. The average molecular weight is 305 g/mol. The summed E-state index contributed by atoms with van der Waals surface area (Å²) in [5.41, 5.74) is 0.743. The van der Waals surface area contributed by atoms with Gasteiger partial charge in [-0.15, -0.1) is 6.58 Å². The predicted octanol–water partition coefficient (Wildman–Crippen LogP) is 3.42. The fourth-order valence-electron chi connectivity index (χ4n) is 1.77. The van der Waals surface area contributed by atoms with Crippen molar-refractivity contribution in [2.45, 2.75) is 13.0 Å². The van der Waals surface area contributed by atoms with E-state index in [9.17, 15) is 0 Å². The van der Waals surface area contributed by atoms with Gasteiger partial charge in [-0.1, -0.05) is 29.3 Å². The zero-order chi connectivity index (χ0) is 14.4. The van der Waals surface area contributed by atoms with Crippen LogP contribution < -0.4 is 9.64 Å². The van der Waals surface area contributed by atoms with Crippen LogP contribution in [0.5, 0.6) is 5.75 Å². The molecule has 0 aliphatic carbocycles. The molecule has 1 atom stereocenters. The molecular weight excluding hydrogens is 287 g/mol. The summed E-state index contributed by atoms with van der Waals surface area (Å²) >= 11 is 12.1. The van der Waals surface area contributed by atoms with Crippen molar-refractivity contribution in [2.24, 2.45) is 0 Å². The van der Waals surface area contributed by atoms with Crippen LogP contribution in [0.3, 0.4) is 0 Å². The lowest BCUT2D eigenvalue weighted by Gasteiger charge is -2.30. The van der Waals surface area contributed by atoms with Crippen molar-refractivity contribution in [3.63, 3.8) is 0 Å². The number of nitrogens with zero attached hydrogens (tertiary/aromatic N) is 2. The zero-order valence-electron chi connectivity index (χ0n) is 11.3. The molecule has 1 rings (SSSR count). The Morgan fingerprint density at radius 2 is 2.11 bits per heavy atom. The largest absolute Gasteiger partial charge is 0.493 e. The minimum absolute atomic E-state index is 0.119. The molecule has 1 unspecified atom stereocenters. The first-order valence-electron chi connectivity index (χ1n) is 5.81.